The Balaban J connectivity index is -0.000000320. The van der Waals surface area contributed by atoms with Gasteiger partial charge in [-0.1, -0.05) is 20.3 Å². The molecule has 0 rings (SSSR count). The number of primary sulfonamides is 1. The van der Waals surface area contributed by atoms with Gasteiger partial charge in [0.2, 0.25) is 10.0 Å². The topological polar surface area (TPSA) is 60.2 Å². The van der Waals surface area contributed by atoms with Crippen molar-refractivity contribution in [1.29, 1.82) is 0 Å². The van der Waals surface area contributed by atoms with Crippen LogP contribution in [0.2, 0.25) is 0 Å². The van der Waals surface area contributed by atoms with Crippen molar-refractivity contribution in [2.75, 3.05) is 5.75 Å². The average molecular weight is 175 g/mol. The predicted molar refractivity (Wildman–Crippen MR) is 38.5 cm³/mol. The van der Waals surface area contributed by atoms with Crippen molar-refractivity contribution >= 4 is 10.0 Å². The van der Waals surface area contributed by atoms with E-state index in [-0.39, 0.29) is 42.7 Å². The van der Waals surface area contributed by atoms with Gasteiger partial charge in [0, 0.05) is 0 Å². The minimum atomic E-state index is -3.24. The van der Waals surface area contributed by atoms with Crippen LogP contribution < -0.4 is 34.7 Å². The third kappa shape index (κ3) is 8.91. The van der Waals surface area contributed by atoms with Crippen LogP contribution >= 0.6 is 0 Å². The Hall–Kier alpha value is 0.910. The molecule has 58 valence electrons. The molecule has 0 amide bonds. The molecule has 0 bridgehead atoms. The van der Waals surface area contributed by atoms with Gasteiger partial charge in [-0.2, -0.15) is 0 Å². The van der Waals surface area contributed by atoms with Crippen LogP contribution in [0.25, 0.3) is 0 Å². The summed E-state index contributed by atoms with van der Waals surface area (Å²) < 4.78 is 20.8. The van der Waals surface area contributed by atoms with Gasteiger partial charge in [0.25, 0.3) is 0 Å². The van der Waals surface area contributed by atoms with Crippen molar-refractivity contribution in [1.82, 2.24) is 0 Å². The van der Waals surface area contributed by atoms with Gasteiger partial charge < -0.3 is 1.43 Å². The van der Waals surface area contributed by atoms with Gasteiger partial charge in [0.05, 0.1) is 5.75 Å². The summed E-state index contributed by atoms with van der Waals surface area (Å²) in [5.41, 5.74) is 0. The number of sulfonamides is 1. The molecule has 3 nitrogen and oxygen atoms in total. The SMILES string of the molecule is CCC(C)CS(N)(=O)=O.[H-].[Na+]. The summed E-state index contributed by atoms with van der Waals surface area (Å²) in [6, 6.07) is 0. The molecule has 0 aromatic heterocycles. The zero-order chi connectivity index (χ0) is 7.49. The average Bonchev–Trinajstić information content (AvgIpc) is 1.62. The first-order valence-corrected chi connectivity index (χ1v) is 4.67. The van der Waals surface area contributed by atoms with Gasteiger partial charge in [-0.3, -0.25) is 0 Å². The summed E-state index contributed by atoms with van der Waals surface area (Å²) in [7, 11) is -3.24. The zero-order valence-electron chi connectivity index (χ0n) is 7.79. The summed E-state index contributed by atoms with van der Waals surface area (Å²) in [5, 5.41) is 4.78. The molecule has 0 spiro atoms. The second-order valence-corrected chi connectivity index (χ2v) is 4.00. The maximum Gasteiger partial charge on any atom is 1.00 e. The van der Waals surface area contributed by atoms with Gasteiger partial charge in [0.1, 0.15) is 0 Å². The molecule has 0 aliphatic carbocycles. The molecule has 1 atom stereocenters. The van der Waals surface area contributed by atoms with E-state index in [4.69, 9.17) is 5.14 Å². The second-order valence-electron chi connectivity index (χ2n) is 2.34. The Morgan fingerprint density at radius 1 is 1.60 bits per heavy atom. The van der Waals surface area contributed by atoms with Gasteiger partial charge >= 0.3 is 29.6 Å². The van der Waals surface area contributed by atoms with Crippen LogP contribution in [0, 0.1) is 5.92 Å². The van der Waals surface area contributed by atoms with Crippen molar-refractivity contribution in [2.45, 2.75) is 20.3 Å². The first-order chi connectivity index (χ1) is 3.95. The standard InChI is InChI=1S/C5H13NO2S.Na.H/c1-3-5(2)4-9(6,7)8;;/h5H,3-4H2,1-2H3,(H2,6,7,8);;/q;+1;-1. The van der Waals surface area contributed by atoms with Crippen LogP contribution in [0.5, 0.6) is 0 Å². The fraction of sp³-hybridized carbons (Fsp3) is 1.00. The van der Waals surface area contributed by atoms with Crippen molar-refractivity contribution in [3.63, 3.8) is 0 Å². The molecule has 0 aromatic rings. The fourth-order valence-electron chi connectivity index (χ4n) is 0.514. The molecular weight excluding hydrogens is 161 g/mol. The largest absolute Gasteiger partial charge is 1.00 e. The second kappa shape index (κ2) is 5.55. The van der Waals surface area contributed by atoms with E-state index >= 15 is 0 Å². The molecule has 0 aliphatic rings. The maximum atomic E-state index is 10.4. The Morgan fingerprint density at radius 2 is 2.00 bits per heavy atom. The number of rotatable bonds is 3. The Kier molecular flexibility index (Phi) is 7.49. The van der Waals surface area contributed by atoms with E-state index in [9.17, 15) is 8.42 Å². The van der Waals surface area contributed by atoms with Crippen molar-refractivity contribution in [3.05, 3.63) is 0 Å². The van der Waals surface area contributed by atoms with Crippen LogP contribution in [-0.2, 0) is 10.0 Å². The van der Waals surface area contributed by atoms with E-state index in [1.54, 1.807) is 0 Å². The molecule has 10 heavy (non-hydrogen) atoms. The van der Waals surface area contributed by atoms with Gasteiger partial charge in [-0.05, 0) is 5.92 Å². The minimum Gasteiger partial charge on any atom is -1.00 e. The molecule has 0 saturated heterocycles. The van der Waals surface area contributed by atoms with E-state index in [2.05, 4.69) is 0 Å². The first kappa shape index (κ1) is 13.5. The smallest absolute Gasteiger partial charge is 1.00 e. The van der Waals surface area contributed by atoms with Crippen LogP contribution in [0.15, 0.2) is 0 Å². The summed E-state index contributed by atoms with van der Waals surface area (Å²) in [5.74, 6) is 0.281. The summed E-state index contributed by atoms with van der Waals surface area (Å²) in [6.45, 7) is 3.81. The third-order valence-corrected chi connectivity index (χ3v) is 2.25. The van der Waals surface area contributed by atoms with Crippen LogP contribution in [0.3, 0.4) is 0 Å². The molecular formula is C5H14NNaO2S. The summed E-state index contributed by atoms with van der Waals surface area (Å²) in [4.78, 5) is 0. The number of hydrogen-bond acceptors (Lipinski definition) is 2. The van der Waals surface area contributed by atoms with Crippen molar-refractivity contribution in [2.24, 2.45) is 11.1 Å². The fourth-order valence-corrected chi connectivity index (χ4v) is 1.54. The molecule has 0 heterocycles. The zero-order valence-corrected chi connectivity index (χ0v) is 9.61. The molecule has 5 heteroatoms. The maximum absolute atomic E-state index is 10.4. The van der Waals surface area contributed by atoms with Gasteiger partial charge in [-0.15, -0.1) is 0 Å². The molecule has 0 fully saturated rings. The van der Waals surface area contributed by atoms with E-state index in [1.165, 1.54) is 0 Å². The quantitative estimate of drug-likeness (QED) is 0.480. The molecule has 2 N–H and O–H groups in total. The van der Waals surface area contributed by atoms with E-state index < -0.39 is 10.0 Å². The Bertz CT molecular complexity index is 171. The molecule has 0 saturated carbocycles. The number of hydrogen-bond donors (Lipinski definition) is 1. The van der Waals surface area contributed by atoms with Crippen molar-refractivity contribution < 1.29 is 39.4 Å². The molecule has 0 aliphatic heterocycles. The predicted octanol–water partition coefficient (Wildman–Crippen LogP) is -2.56. The molecule has 0 aromatic carbocycles. The minimum absolute atomic E-state index is 0. The van der Waals surface area contributed by atoms with E-state index in [1.807, 2.05) is 13.8 Å². The summed E-state index contributed by atoms with van der Waals surface area (Å²) in [6.07, 6.45) is 0.858. The molecule has 1 unspecified atom stereocenters. The van der Waals surface area contributed by atoms with Crippen LogP contribution in [0.1, 0.15) is 21.7 Å². The summed E-state index contributed by atoms with van der Waals surface area (Å²) >= 11 is 0. The first-order valence-electron chi connectivity index (χ1n) is 2.96. The normalized spacial score (nSPS) is 13.9. The van der Waals surface area contributed by atoms with E-state index in [0.29, 0.717) is 0 Å². The Morgan fingerprint density at radius 3 is 2.10 bits per heavy atom. The van der Waals surface area contributed by atoms with E-state index in [0.717, 1.165) is 6.42 Å². The monoisotopic (exact) mass is 175 g/mol. The van der Waals surface area contributed by atoms with Crippen LogP contribution in [0.4, 0.5) is 0 Å². The third-order valence-electron chi connectivity index (χ3n) is 1.21. The van der Waals surface area contributed by atoms with Gasteiger partial charge in [0.15, 0.2) is 0 Å². The van der Waals surface area contributed by atoms with Gasteiger partial charge in [-0.25, -0.2) is 13.6 Å². The Labute approximate surface area is 86.2 Å². The van der Waals surface area contributed by atoms with Crippen LogP contribution in [-0.4, -0.2) is 14.2 Å². The van der Waals surface area contributed by atoms with Crippen molar-refractivity contribution in [3.8, 4) is 0 Å². The molecule has 0 radical (unpaired) electrons. The number of nitrogens with two attached hydrogens (primary N) is 1.